The van der Waals surface area contributed by atoms with Crippen molar-refractivity contribution in [2.45, 2.75) is 13.3 Å². The molecule has 0 atom stereocenters. The molecule has 0 aliphatic rings. The molecule has 0 saturated carbocycles. The molecule has 0 spiro atoms. The number of anilines is 1. The van der Waals surface area contributed by atoms with E-state index in [2.05, 4.69) is 40.1 Å². The first-order chi connectivity index (χ1) is 13.0. The summed E-state index contributed by atoms with van der Waals surface area (Å²) in [7, 11) is 0. The van der Waals surface area contributed by atoms with Crippen LogP contribution in [0.2, 0.25) is 0 Å². The average molecular weight is 376 g/mol. The smallest absolute Gasteiger partial charge is 0.337 e. The first-order valence-corrected chi connectivity index (χ1v) is 9.11. The summed E-state index contributed by atoms with van der Waals surface area (Å²) in [6.45, 7) is 2.07. The highest BCUT2D eigenvalue weighted by molar-refractivity contribution is 7.22. The number of aromatic carboxylic acids is 1. The second-order valence-corrected chi connectivity index (χ2v) is 7.30. The van der Waals surface area contributed by atoms with E-state index in [1.165, 1.54) is 10.9 Å². The number of thiophene rings is 1. The summed E-state index contributed by atoms with van der Waals surface area (Å²) < 4.78 is 1.17. The van der Waals surface area contributed by atoms with Gasteiger partial charge in [0.05, 0.1) is 16.1 Å². The van der Waals surface area contributed by atoms with E-state index < -0.39 is 5.97 Å². The Balaban J connectivity index is 1.71. The molecule has 134 valence electrons. The number of aromatic nitrogens is 3. The van der Waals surface area contributed by atoms with E-state index in [9.17, 15) is 4.79 Å². The van der Waals surface area contributed by atoms with Crippen molar-refractivity contribution in [3.8, 4) is 10.6 Å². The van der Waals surface area contributed by atoms with Crippen LogP contribution < -0.4 is 5.73 Å². The quantitative estimate of drug-likeness (QED) is 0.559. The van der Waals surface area contributed by atoms with Gasteiger partial charge in [0.2, 0.25) is 5.95 Å². The van der Waals surface area contributed by atoms with Crippen LogP contribution in [-0.4, -0.2) is 26.0 Å². The molecule has 1 aromatic carbocycles. The number of benzene rings is 1. The van der Waals surface area contributed by atoms with Crippen molar-refractivity contribution in [1.82, 2.24) is 15.0 Å². The molecule has 0 unspecified atom stereocenters. The van der Waals surface area contributed by atoms with Crippen LogP contribution in [0.3, 0.4) is 0 Å². The summed E-state index contributed by atoms with van der Waals surface area (Å²) in [6, 6.07) is 9.81. The lowest BCUT2D eigenvalue weighted by Gasteiger charge is -2.04. The van der Waals surface area contributed by atoms with Crippen molar-refractivity contribution in [2.24, 2.45) is 0 Å². The van der Waals surface area contributed by atoms with Gasteiger partial charge in [-0.2, -0.15) is 0 Å². The van der Waals surface area contributed by atoms with E-state index in [4.69, 9.17) is 10.8 Å². The molecule has 4 rings (SSSR count). The van der Waals surface area contributed by atoms with E-state index >= 15 is 0 Å². The van der Waals surface area contributed by atoms with Gasteiger partial charge in [-0.15, -0.1) is 11.3 Å². The third kappa shape index (κ3) is 3.37. The van der Waals surface area contributed by atoms with Crippen molar-refractivity contribution in [1.29, 1.82) is 0 Å². The number of nitrogens with two attached hydrogens (primary N) is 1. The Kier molecular flexibility index (Phi) is 4.29. The first kappa shape index (κ1) is 17.1. The topological polar surface area (TPSA) is 102 Å². The molecule has 0 aliphatic heterocycles. The van der Waals surface area contributed by atoms with Crippen molar-refractivity contribution < 1.29 is 9.90 Å². The number of rotatable bonds is 4. The van der Waals surface area contributed by atoms with Crippen LogP contribution in [0.15, 0.2) is 48.9 Å². The van der Waals surface area contributed by atoms with E-state index in [0.717, 1.165) is 32.6 Å². The van der Waals surface area contributed by atoms with E-state index in [1.807, 2.05) is 6.07 Å². The molecule has 0 aliphatic carbocycles. The monoisotopic (exact) mass is 376 g/mol. The number of hydrogen-bond donors (Lipinski definition) is 2. The van der Waals surface area contributed by atoms with E-state index in [0.29, 0.717) is 6.42 Å². The van der Waals surface area contributed by atoms with Gasteiger partial charge in [0.25, 0.3) is 0 Å². The summed E-state index contributed by atoms with van der Waals surface area (Å²) in [5, 5.41) is 10.3. The molecule has 0 saturated heterocycles. The van der Waals surface area contributed by atoms with Crippen molar-refractivity contribution in [2.75, 3.05) is 5.73 Å². The number of nitrogen functional groups attached to an aromatic ring is 1. The van der Waals surface area contributed by atoms with Gasteiger partial charge in [0.15, 0.2) is 0 Å². The molecule has 0 radical (unpaired) electrons. The zero-order valence-corrected chi connectivity index (χ0v) is 15.3. The summed E-state index contributed by atoms with van der Waals surface area (Å²) in [4.78, 5) is 24.5. The zero-order chi connectivity index (χ0) is 19.0. The van der Waals surface area contributed by atoms with Gasteiger partial charge in [0.1, 0.15) is 0 Å². The van der Waals surface area contributed by atoms with Crippen LogP contribution in [-0.2, 0) is 6.42 Å². The van der Waals surface area contributed by atoms with Crippen LogP contribution >= 0.6 is 11.3 Å². The molecule has 0 fully saturated rings. The van der Waals surface area contributed by atoms with Crippen LogP contribution in [0.5, 0.6) is 0 Å². The summed E-state index contributed by atoms with van der Waals surface area (Å²) in [5.41, 5.74) is 9.85. The standard InChI is InChI=1S/C20H16N4O2S/c1-11-15-8-12(6-13-7-14(19(25)26)10-22-9-13)2-3-17(15)27-18(11)16-4-5-23-20(21)24-16/h2-5,7-10H,6H2,1H3,(H,25,26)(H2,21,23,24). The Morgan fingerprint density at radius 2 is 2.04 bits per heavy atom. The first-order valence-electron chi connectivity index (χ1n) is 8.29. The Morgan fingerprint density at radius 1 is 1.19 bits per heavy atom. The number of hydrogen-bond acceptors (Lipinski definition) is 6. The molecule has 3 N–H and O–H groups in total. The Bertz CT molecular complexity index is 1170. The molecular weight excluding hydrogens is 360 g/mol. The SMILES string of the molecule is Cc1c(-c2ccnc(N)n2)sc2ccc(Cc3cncc(C(=O)O)c3)cc12. The van der Waals surface area contributed by atoms with Gasteiger partial charge >= 0.3 is 5.97 Å². The van der Waals surface area contributed by atoms with Crippen LogP contribution in [0, 0.1) is 6.92 Å². The highest BCUT2D eigenvalue weighted by Crippen LogP contribution is 2.38. The number of nitrogens with zero attached hydrogens (tertiary/aromatic N) is 3. The van der Waals surface area contributed by atoms with Crippen molar-refractivity contribution in [3.05, 3.63) is 71.2 Å². The van der Waals surface area contributed by atoms with Crippen LogP contribution in [0.25, 0.3) is 20.7 Å². The lowest BCUT2D eigenvalue weighted by molar-refractivity contribution is 0.0696. The summed E-state index contributed by atoms with van der Waals surface area (Å²) in [6.07, 6.45) is 5.34. The highest BCUT2D eigenvalue weighted by atomic mass is 32.1. The minimum absolute atomic E-state index is 0.198. The van der Waals surface area contributed by atoms with Crippen LogP contribution in [0.4, 0.5) is 5.95 Å². The number of pyridine rings is 1. The number of carbonyl (C=O) groups is 1. The molecule has 3 heterocycles. The molecule has 3 aromatic heterocycles. The third-order valence-electron chi connectivity index (χ3n) is 4.36. The Hall–Kier alpha value is -3.32. The number of fused-ring (bicyclic) bond motifs is 1. The molecule has 0 bridgehead atoms. The average Bonchev–Trinajstić information content (AvgIpc) is 2.98. The second-order valence-electron chi connectivity index (χ2n) is 6.25. The summed E-state index contributed by atoms with van der Waals surface area (Å²) >= 11 is 1.67. The normalized spacial score (nSPS) is 11.0. The molecule has 4 aromatic rings. The van der Waals surface area contributed by atoms with E-state index in [1.54, 1.807) is 29.8 Å². The third-order valence-corrected chi connectivity index (χ3v) is 5.65. The minimum Gasteiger partial charge on any atom is -0.478 e. The molecule has 7 heteroatoms. The predicted molar refractivity (Wildman–Crippen MR) is 106 cm³/mol. The van der Waals surface area contributed by atoms with E-state index in [-0.39, 0.29) is 11.5 Å². The zero-order valence-electron chi connectivity index (χ0n) is 14.5. The maximum absolute atomic E-state index is 11.1. The van der Waals surface area contributed by atoms with Crippen LogP contribution in [0.1, 0.15) is 27.0 Å². The lowest BCUT2D eigenvalue weighted by Crippen LogP contribution is -1.99. The second kappa shape index (κ2) is 6.77. The fourth-order valence-corrected chi connectivity index (χ4v) is 4.22. The fourth-order valence-electron chi connectivity index (χ4n) is 3.06. The fraction of sp³-hybridized carbons (Fsp3) is 0.100. The van der Waals surface area contributed by atoms with Gasteiger partial charge in [-0.05, 0) is 59.7 Å². The van der Waals surface area contributed by atoms with Gasteiger partial charge in [-0.25, -0.2) is 14.8 Å². The number of carboxylic acids is 1. The number of aryl methyl sites for hydroxylation is 1. The Labute approximate surface area is 159 Å². The number of carboxylic acid groups (broad SMARTS) is 1. The van der Waals surface area contributed by atoms with Gasteiger partial charge in [-0.3, -0.25) is 4.98 Å². The lowest BCUT2D eigenvalue weighted by atomic mass is 10.0. The van der Waals surface area contributed by atoms with Gasteiger partial charge in [0, 0.05) is 23.3 Å². The summed E-state index contributed by atoms with van der Waals surface area (Å²) in [5.74, 6) is -0.710. The van der Waals surface area contributed by atoms with Gasteiger partial charge in [-0.1, -0.05) is 6.07 Å². The highest BCUT2D eigenvalue weighted by Gasteiger charge is 2.13. The molecule has 0 amide bonds. The maximum Gasteiger partial charge on any atom is 0.337 e. The predicted octanol–water partition coefficient (Wildman–Crippen LogP) is 3.93. The van der Waals surface area contributed by atoms with Crippen molar-refractivity contribution >= 4 is 33.3 Å². The largest absolute Gasteiger partial charge is 0.478 e. The molecular formula is C20H16N4O2S. The molecule has 27 heavy (non-hydrogen) atoms. The Morgan fingerprint density at radius 3 is 2.81 bits per heavy atom. The maximum atomic E-state index is 11.1. The van der Waals surface area contributed by atoms with Gasteiger partial charge < -0.3 is 10.8 Å². The molecule has 6 nitrogen and oxygen atoms in total. The minimum atomic E-state index is -0.970. The van der Waals surface area contributed by atoms with Crippen molar-refractivity contribution in [3.63, 3.8) is 0 Å².